The lowest BCUT2D eigenvalue weighted by molar-refractivity contribution is 0.0742. The van der Waals surface area contributed by atoms with E-state index in [1.165, 1.54) is 0 Å². The number of para-hydroxylation sites is 1. The number of thiazole rings is 1. The number of carbonyl (C=O) groups is 1. The van der Waals surface area contributed by atoms with E-state index in [0.29, 0.717) is 54.7 Å². The van der Waals surface area contributed by atoms with Crippen molar-refractivity contribution >= 4 is 32.6 Å². The molecule has 1 aliphatic rings. The number of nitrogens with zero attached hydrogens (tertiary/aromatic N) is 3. The van der Waals surface area contributed by atoms with Gasteiger partial charge in [0, 0.05) is 26.2 Å². The van der Waals surface area contributed by atoms with Crippen molar-refractivity contribution in [2.75, 3.05) is 59.5 Å². The summed E-state index contributed by atoms with van der Waals surface area (Å²) in [5, 5.41) is 0.910. The minimum atomic E-state index is -0.0638. The summed E-state index contributed by atoms with van der Waals surface area (Å²) >= 11 is 1.61. The fourth-order valence-electron chi connectivity index (χ4n) is 3.76. The van der Waals surface area contributed by atoms with E-state index in [1.54, 1.807) is 58.0 Å². The molecule has 1 saturated heterocycles. The second-order valence-corrected chi connectivity index (χ2v) is 7.97. The van der Waals surface area contributed by atoms with Crippen molar-refractivity contribution in [1.29, 1.82) is 0 Å². The standard InChI is InChI=1S/C22H25N3O5S/c1-27-15-7-5-6-14(19(15)29-3)21(26)24-10-12-25(13-11-24)22-23-18-17(31-22)9-8-16(28-2)20(18)30-4/h5-9H,10-13H2,1-4H3. The van der Waals surface area contributed by atoms with E-state index in [0.717, 1.165) is 15.3 Å². The Kier molecular flexibility index (Phi) is 6.03. The minimum Gasteiger partial charge on any atom is -0.493 e. The number of ether oxygens (including phenoxy) is 4. The number of piperazine rings is 1. The average Bonchev–Trinajstić information content (AvgIpc) is 3.26. The smallest absolute Gasteiger partial charge is 0.257 e. The number of amides is 1. The number of rotatable bonds is 6. The summed E-state index contributed by atoms with van der Waals surface area (Å²) < 4.78 is 22.7. The van der Waals surface area contributed by atoms with Crippen LogP contribution in [-0.4, -0.2) is 70.4 Å². The fraction of sp³-hybridized carbons (Fsp3) is 0.364. The molecule has 1 aromatic heterocycles. The first-order valence-electron chi connectivity index (χ1n) is 9.88. The van der Waals surface area contributed by atoms with Crippen LogP contribution in [0.2, 0.25) is 0 Å². The second-order valence-electron chi connectivity index (χ2n) is 6.96. The molecule has 2 aromatic carbocycles. The van der Waals surface area contributed by atoms with Crippen molar-refractivity contribution in [1.82, 2.24) is 9.88 Å². The van der Waals surface area contributed by atoms with Crippen LogP contribution in [0.5, 0.6) is 23.0 Å². The van der Waals surface area contributed by atoms with Crippen molar-refractivity contribution in [2.24, 2.45) is 0 Å². The summed E-state index contributed by atoms with van der Waals surface area (Å²) in [6.07, 6.45) is 0. The first-order valence-corrected chi connectivity index (χ1v) is 10.7. The zero-order chi connectivity index (χ0) is 22.0. The highest BCUT2D eigenvalue weighted by Crippen LogP contribution is 2.40. The molecule has 0 atom stereocenters. The number of benzene rings is 2. The van der Waals surface area contributed by atoms with Crippen LogP contribution < -0.4 is 23.8 Å². The van der Waals surface area contributed by atoms with Crippen LogP contribution in [-0.2, 0) is 0 Å². The minimum absolute atomic E-state index is 0.0638. The van der Waals surface area contributed by atoms with E-state index in [1.807, 2.05) is 17.0 Å². The molecule has 8 nitrogen and oxygen atoms in total. The zero-order valence-corrected chi connectivity index (χ0v) is 18.8. The van der Waals surface area contributed by atoms with Crippen LogP contribution >= 0.6 is 11.3 Å². The fourth-order valence-corrected chi connectivity index (χ4v) is 4.78. The summed E-state index contributed by atoms with van der Waals surface area (Å²) in [5.74, 6) is 2.25. The van der Waals surface area contributed by atoms with Gasteiger partial charge in [0.25, 0.3) is 5.91 Å². The van der Waals surface area contributed by atoms with Gasteiger partial charge in [0.05, 0.1) is 38.7 Å². The lowest BCUT2D eigenvalue weighted by atomic mass is 10.1. The Hall–Kier alpha value is -3.20. The molecule has 164 valence electrons. The number of anilines is 1. The highest BCUT2D eigenvalue weighted by atomic mass is 32.1. The molecule has 1 fully saturated rings. The van der Waals surface area contributed by atoms with Crippen molar-refractivity contribution in [2.45, 2.75) is 0 Å². The molecule has 9 heteroatoms. The molecule has 0 unspecified atom stereocenters. The summed E-state index contributed by atoms with van der Waals surface area (Å²) in [7, 11) is 6.34. The summed E-state index contributed by atoms with van der Waals surface area (Å²) in [6.45, 7) is 2.57. The molecule has 3 aromatic rings. The first-order chi connectivity index (χ1) is 15.1. The van der Waals surface area contributed by atoms with Crippen LogP contribution in [0, 0.1) is 0 Å². The molecule has 0 spiro atoms. The molecule has 0 N–H and O–H groups in total. The lowest BCUT2D eigenvalue weighted by Gasteiger charge is -2.34. The van der Waals surface area contributed by atoms with Crippen LogP contribution in [0.15, 0.2) is 30.3 Å². The monoisotopic (exact) mass is 443 g/mol. The van der Waals surface area contributed by atoms with E-state index in [-0.39, 0.29) is 5.91 Å². The van der Waals surface area contributed by atoms with Crippen molar-refractivity contribution in [3.8, 4) is 23.0 Å². The van der Waals surface area contributed by atoms with Gasteiger partial charge in [-0.1, -0.05) is 17.4 Å². The predicted octanol–water partition coefficient (Wildman–Crippen LogP) is 3.29. The normalized spacial score (nSPS) is 13.9. The maximum atomic E-state index is 13.1. The van der Waals surface area contributed by atoms with E-state index >= 15 is 0 Å². The SMILES string of the molecule is COc1cccc(C(=O)N2CCN(c3nc4c(OC)c(OC)ccc4s3)CC2)c1OC. The molecule has 0 radical (unpaired) electrons. The quantitative estimate of drug-likeness (QED) is 0.579. The Morgan fingerprint density at radius 3 is 2.19 bits per heavy atom. The molecule has 0 aliphatic carbocycles. The van der Waals surface area contributed by atoms with Gasteiger partial charge in [-0.15, -0.1) is 0 Å². The van der Waals surface area contributed by atoms with Crippen LogP contribution in [0.4, 0.5) is 5.13 Å². The third kappa shape index (κ3) is 3.81. The number of hydrogen-bond acceptors (Lipinski definition) is 8. The van der Waals surface area contributed by atoms with Crippen molar-refractivity contribution in [3.63, 3.8) is 0 Å². The number of fused-ring (bicyclic) bond motifs is 1. The van der Waals surface area contributed by atoms with E-state index in [9.17, 15) is 4.79 Å². The molecule has 2 heterocycles. The Morgan fingerprint density at radius 1 is 0.871 bits per heavy atom. The molecule has 1 amide bonds. The Morgan fingerprint density at radius 2 is 1.55 bits per heavy atom. The van der Waals surface area contributed by atoms with E-state index in [4.69, 9.17) is 23.9 Å². The number of carbonyl (C=O) groups excluding carboxylic acids is 1. The van der Waals surface area contributed by atoms with Crippen LogP contribution in [0.3, 0.4) is 0 Å². The average molecular weight is 444 g/mol. The Balaban J connectivity index is 1.51. The van der Waals surface area contributed by atoms with Gasteiger partial charge in [-0.25, -0.2) is 4.98 Å². The number of methoxy groups -OCH3 is 4. The van der Waals surface area contributed by atoms with Gasteiger partial charge in [-0.2, -0.15) is 0 Å². The highest BCUT2D eigenvalue weighted by molar-refractivity contribution is 7.22. The van der Waals surface area contributed by atoms with Crippen LogP contribution in [0.1, 0.15) is 10.4 Å². The van der Waals surface area contributed by atoms with Crippen molar-refractivity contribution < 1.29 is 23.7 Å². The first kappa shape index (κ1) is 21.0. The number of hydrogen-bond donors (Lipinski definition) is 0. The highest BCUT2D eigenvalue weighted by Gasteiger charge is 2.27. The third-order valence-corrected chi connectivity index (χ3v) is 6.44. The third-order valence-electron chi connectivity index (χ3n) is 5.36. The van der Waals surface area contributed by atoms with Gasteiger partial charge in [-0.05, 0) is 24.3 Å². The van der Waals surface area contributed by atoms with Gasteiger partial charge in [0.2, 0.25) is 0 Å². The van der Waals surface area contributed by atoms with Gasteiger partial charge < -0.3 is 28.7 Å². The lowest BCUT2D eigenvalue weighted by Crippen LogP contribution is -2.48. The molecule has 31 heavy (non-hydrogen) atoms. The molecular weight excluding hydrogens is 418 g/mol. The van der Waals surface area contributed by atoms with Gasteiger partial charge in [0.15, 0.2) is 28.1 Å². The molecule has 4 rings (SSSR count). The Labute approximate surface area is 184 Å². The molecule has 0 saturated carbocycles. The topological polar surface area (TPSA) is 73.4 Å². The van der Waals surface area contributed by atoms with E-state index < -0.39 is 0 Å². The number of aromatic nitrogens is 1. The second kappa shape index (κ2) is 8.89. The summed E-state index contributed by atoms with van der Waals surface area (Å²) in [6, 6.07) is 9.23. The van der Waals surface area contributed by atoms with Crippen LogP contribution in [0.25, 0.3) is 10.2 Å². The predicted molar refractivity (Wildman–Crippen MR) is 120 cm³/mol. The molecule has 0 bridgehead atoms. The van der Waals surface area contributed by atoms with Gasteiger partial charge in [0.1, 0.15) is 5.52 Å². The summed E-state index contributed by atoms with van der Waals surface area (Å²) in [4.78, 5) is 21.9. The van der Waals surface area contributed by atoms with E-state index in [2.05, 4.69) is 4.90 Å². The van der Waals surface area contributed by atoms with Gasteiger partial charge in [-0.3, -0.25) is 4.79 Å². The van der Waals surface area contributed by atoms with Crippen molar-refractivity contribution in [3.05, 3.63) is 35.9 Å². The maximum absolute atomic E-state index is 13.1. The maximum Gasteiger partial charge on any atom is 0.257 e. The van der Waals surface area contributed by atoms with Gasteiger partial charge >= 0.3 is 0 Å². The molecule has 1 aliphatic heterocycles. The Bertz CT molecular complexity index is 1090. The molecular formula is C22H25N3O5S. The summed E-state index contributed by atoms with van der Waals surface area (Å²) in [5.41, 5.74) is 1.30. The largest absolute Gasteiger partial charge is 0.493 e. The zero-order valence-electron chi connectivity index (χ0n) is 18.0.